The van der Waals surface area contributed by atoms with E-state index in [9.17, 15) is 4.79 Å². The Balaban J connectivity index is 1.91. The van der Waals surface area contributed by atoms with Gasteiger partial charge in [0, 0.05) is 6.54 Å². The number of aryl methyl sites for hydroxylation is 1. The monoisotopic (exact) mass is 232 g/mol. The molecule has 92 valence electrons. The SMILES string of the molecule is CCN1C(=O)C(CCc2ccccc2)NC1C. The second-order valence-electron chi connectivity index (χ2n) is 4.54. The summed E-state index contributed by atoms with van der Waals surface area (Å²) in [6.45, 7) is 4.86. The van der Waals surface area contributed by atoms with E-state index in [1.165, 1.54) is 5.56 Å². The predicted molar refractivity (Wildman–Crippen MR) is 68.5 cm³/mol. The summed E-state index contributed by atoms with van der Waals surface area (Å²) < 4.78 is 0. The lowest BCUT2D eigenvalue weighted by Crippen LogP contribution is -2.34. The topological polar surface area (TPSA) is 32.3 Å². The molecule has 0 aromatic heterocycles. The fourth-order valence-corrected chi connectivity index (χ4v) is 2.44. The second-order valence-corrected chi connectivity index (χ2v) is 4.54. The van der Waals surface area contributed by atoms with Crippen molar-refractivity contribution in [3.05, 3.63) is 35.9 Å². The fourth-order valence-electron chi connectivity index (χ4n) is 2.44. The minimum Gasteiger partial charge on any atom is -0.326 e. The third kappa shape index (κ3) is 2.67. The van der Waals surface area contributed by atoms with Gasteiger partial charge in [0.05, 0.1) is 12.2 Å². The zero-order valence-electron chi connectivity index (χ0n) is 10.5. The molecule has 0 aliphatic carbocycles. The number of likely N-dealkylation sites (N-methyl/N-ethyl adjacent to an activating group) is 1. The smallest absolute Gasteiger partial charge is 0.241 e. The van der Waals surface area contributed by atoms with E-state index < -0.39 is 0 Å². The molecule has 0 saturated carbocycles. The average molecular weight is 232 g/mol. The van der Waals surface area contributed by atoms with Gasteiger partial charge in [-0.15, -0.1) is 0 Å². The summed E-state index contributed by atoms with van der Waals surface area (Å²) >= 11 is 0. The molecular formula is C14H20N2O. The number of nitrogens with one attached hydrogen (secondary N) is 1. The number of rotatable bonds is 4. The summed E-state index contributed by atoms with van der Waals surface area (Å²) in [4.78, 5) is 13.9. The molecule has 1 N–H and O–H groups in total. The summed E-state index contributed by atoms with van der Waals surface area (Å²) in [5.74, 6) is 0.246. The van der Waals surface area contributed by atoms with Crippen molar-refractivity contribution in [2.75, 3.05) is 6.54 Å². The third-order valence-corrected chi connectivity index (χ3v) is 3.40. The van der Waals surface area contributed by atoms with E-state index in [2.05, 4.69) is 17.4 Å². The highest BCUT2D eigenvalue weighted by atomic mass is 16.2. The first-order valence-corrected chi connectivity index (χ1v) is 6.33. The Bertz CT molecular complexity index is 377. The number of benzene rings is 1. The number of hydrogen-bond donors (Lipinski definition) is 1. The Labute approximate surface area is 103 Å². The molecule has 1 saturated heterocycles. The van der Waals surface area contributed by atoms with Gasteiger partial charge >= 0.3 is 0 Å². The zero-order chi connectivity index (χ0) is 12.3. The van der Waals surface area contributed by atoms with Gasteiger partial charge in [-0.25, -0.2) is 0 Å². The Hall–Kier alpha value is -1.35. The fraction of sp³-hybridized carbons (Fsp3) is 0.500. The number of carbonyl (C=O) groups is 1. The minimum absolute atomic E-state index is 0.00911. The lowest BCUT2D eigenvalue weighted by atomic mass is 10.1. The molecule has 1 amide bonds. The van der Waals surface area contributed by atoms with E-state index in [0.717, 1.165) is 19.4 Å². The van der Waals surface area contributed by atoms with E-state index in [4.69, 9.17) is 0 Å². The van der Waals surface area contributed by atoms with Crippen LogP contribution in [0.2, 0.25) is 0 Å². The van der Waals surface area contributed by atoms with Crippen molar-refractivity contribution in [2.24, 2.45) is 0 Å². The van der Waals surface area contributed by atoms with Crippen molar-refractivity contribution < 1.29 is 4.79 Å². The molecule has 1 aromatic rings. The number of hydrogen-bond acceptors (Lipinski definition) is 2. The van der Waals surface area contributed by atoms with Crippen molar-refractivity contribution in [3.63, 3.8) is 0 Å². The molecule has 1 fully saturated rings. The molecule has 3 nitrogen and oxygen atoms in total. The predicted octanol–water partition coefficient (Wildman–Crippen LogP) is 1.79. The van der Waals surface area contributed by atoms with Crippen LogP contribution in [0.5, 0.6) is 0 Å². The van der Waals surface area contributed by atoms with Crippen LogP contribution in [0.25, 0.3) is 0 Å². The van der Waals surface area contributed by atoms with E-state index in [1.54, 1.807) is 0 Å². The van der Waals surface area contributed by atoms with Crippen molar-refractivity contribution in [1.82, 2.24) is 10.2 Å². The van der Waals surface area contributed by atoms with Crippen LogP contribution < -0.4 is 5.32 Å². The van der Waals surface area contributed by atoms with E-state index in [-0.39, 0.29) is 18.1 Å². The highest BCUT2D eigenvalue weighted by Crippen LogP contribution is 2.14. The maximum Gasteiger partial charge on any atom is 0.241 e. The Morgan fingerprint density at radius 3 is 2.59 bits per heavy atom. The maximum absolute atomic E-state index is 12.0. The van der Waals surface area contributed by atoms with Gasteiger partial charge in [0.15, 0.2) is 0 Å². The highest BCUT2D eigenvalue weighted by molar-refractivity contribution is 5.84. The van der Waals surface area contributed by atoms with Crippen LogP contribution in [0.3, 0.4) is 0 Å². The van der Waals surface area contributed by atoms with Crippen molar-refractivity contribution in [3.8, 4) is 0 Å². The summed E-state index contributed by atoms with van der Waals surface area (Å²) in [5.41, 5.74) is 1.30. The molecular weight excluding hydrogens is 212 g/mol. The molecule has 1 aromatic carbocycles. The maximum atomic E-state index is 12.0. The lowest BCUT2D eigenvalue weighted by molar-refractivity contribution is -0.129. The Morgan fingerprint density at radius 1 is 1.29 bits per heavy atom. The van der Waals surface area contributed by atoms with Crippen LogP contribution in [0.15, 0.2) is 30.3 Å². The van der Waals surface area contributed by atoms with Crippen LogP contribution in [-0.4, -0.2) is 29.6 Å². The molecule has 2 rings (SSSR count). The number of carbonyl (C=O) groups excluding carboxylic acids is 1. The summed E-state index contributed by atoms with van der Waals surface area (Å²) in [6.07, 6.45) is 2.01. The van der Waals surface area contributed by atoms with Gasteiger partial charge in [0.1, 0.15) is 0 Å². The molecule has 17 heavy (non-hydrogen) atoms. The molecule has 0 spiro atoms. The molecule has 1 aliphatic rings. The van der Waals surface area contributed by atoms with E-state index >= 15 is 0 Å². The minimum atomic E-state index is -0.00911. The van der Waals surface area contributed by atoms with Crippen LogP contribution in [0, 0.1) is 0 Å². The summed E-state index contributed by atoms with van der Waals surface area (Å²) in [7, 11) is 0. The number of nitrogens with zero attached hydrogens (tertiary/aromatic N) is 1. The molecule has 1 heterocycles. The molecule has 3 heteroatoms. The molecule has 1 aliphatic heterocycles. The zero-order valence-corrected chi connectivity index (χ0v) is 10.5. The van der Waals surface area contributed by atoms with Crippen LogP contribution in [-0.2, 0) is 11.2 Å². The van der Waals surface area contributed by atoms with Crippen molar-refractivity contribution in [2.45, 2.75) is 38.9 Å². The van der Waals surface area contributed by atoms with Gasteiger partial charge in [-0.1, -0.05) is 30.3 Å². The molecule has 0 radical (unpaired) electrons. The van der Waals surface area contributed by atoms with Crippen LogP contribution >= 0.6 is 0 Å². The Morgan fingerprint density at radius 2 is 2.00 bits per heavy atom. The summed E-state index contributed by atoms with van der Waals surface area (Å²) in [6, 6.07) is 10.3. The first kappa shape index (κ1) is 12.1. The van der Waals surface area contributed by atoms with Crippen LogP contribution in [0.1, 0.15) is 25.8 Å². The average Bonchev–Trinajstić information content (AvgIpc) is 2.63. The standard InChI is InChI=1S/C14H20N2O/c1-3-16-11(2)15-13(14(16)17)10-9-12-7-5-4-6-8-12/h4-8,11,13,15H,3,9-10H2,1-2H3. The van der Waals surface area contributed by atoms with E-state index in [1.807, 2.05) is 36.9 Å². The third-order valence-electron chi connectivity index (χ3n) is 3.40. The molecule has 0 bridgehead atoms. The van der Waals surface area contributed by atoms with Gasteiger partial charge in [-0.3, -0.25) is 10.1 Å². The van der Waals surface area contributed by atoms with E-state index in [0.29, 0.717) is 0 Å². The summed E-state index contributed by atoms with van der Waals surface area (Å²) in [5, 5.41) is 3.35. The van der Waals surface area contributed by atoms with Gasteiger partial charge in [-0.05, 0) is 32.3 Å². The first-order valence-electron chi connectivity index (χ1n) is 6.33. The van der Waals surface area contributed by atoms with Gasteiger partial charge in [0.2, 0.25) is 5.91 Å². The van der Waals surface area contributed by atoms with Gasteiger partial charge < -0.3 is 4.90 Å². The second kappa shape index (κ2) is 5.32. The lowest BCUT2D eigenvalue weighted by Gasteiger charge is -2.17. The Kier molecular flexibility index (Phi) is 3.79. The molecule has 2 atom stereocenters. The first-order chi connectivity index (χ1) is 8.22. The van der Waals surface area contributed by atoms with Crippen LogP contribution in [0.4, 0.5) is 0 Å². The normalized spacial score (nSPS) is 24.4. The van der Waals surface area contributed by atoms with Gasteiger partial charge in [0.25, 0.3) is 0 Å². The van der Waals surface area contributed by atoms with Gasteiger partial charge in [-0.2, -0.15) is 0 Å². The highest BCUT2D eigenvalue weighted by Gasteiger charge is 2.34. The largest absolute Gasteiger partial charge is 0.326 e. The van der Waals surface area contributed by atoms with Crippen molar-refractivity contribution >= 4 is 5.91 Å². The quantitative estimate of drug-likeness (QED) is 0.858. The van der Waals surface area contributed by atoms with Crippen molar-refractivity contribution in [1.29, 1.82) is 0 Å². The number of amides is 1. The molecule has 2 unspecified atom stereocenters.